The zero-order valence-electron chi connectivity index (χ0n) is 10.5. The van der Waals surface area contributed by atoms with E-state index in [1.165, 1.54) is 6.07 Å². The van der Waals surface area contributed by atoms with Gasteiger partial charge in [-0.05, 0) is 5.56 Å². The van der Waals surface area contributed by atoms with Gasteiger partial charge in [-0.1, -0.05) is 30.3 Å². The van der Waals surface area contributed by atoms with Gasteiger partial charge in [-0.25, -0.2) is 0 Å². The van der Waals surface area contributed by atoms with Crippen molar-refractivity contribution in [2.24, 2.45) is 0 Å². The molecule has 5 nitrogen and oxygen atoms in total. The maximum absolute atomic E-state index is 12.5. The van der Waals surface area contributed by atoms with E-state index < -0.39 is 17.4 Å². The number of H-pyrrole nitrogens is 2. The van der Waals surface area contributed by atoms with Crippen molar-refractivity contribution in [2.45, 2.75) is 6.18 Å². The summed E-state index contributed by atoms with van der Waals surface area (Å²) in [7, 11) is 0. The lowest BCUT2D eigenvalue weighted by Crippen LogP contribution is -2.13. The van der Waals surface area contributed by atoms with E-state index in [9.17, 15) is 18.0 Å². The normalized spacial score (nSPS) is 11.8. The highest BCUT2D eigenvalue weighted by atomic mass is 19.4. The van der Waals surface area contributed by atoms with Gasteiger partial charge in [0, 0.05) is 12.1 Å². The van der Waals surface area contributed by atoms with Gasteiger partial charge in [0.1, 0.15) is 5.69 Å². The Kier molecular flexibility index (Phi) is 2.93. The first-order valence-corrected chi connectivity index (χ1v) is 5.95. The number of aromatic amines is 2. The van der Waals surface area contributed by atoms with E-state index in [1.54, 1.807) is 24.3 Å². The van der Waals surface area contributed by atoms with Crippen LogP contribution in [0.2, 0.25) is 0 Å². The Hall–Kier alpha value is -2.77. The molecule has 0 bridgehead atoms. The first-order chi connectivity index (χ1) is 9.95. The molecule has 108 valence electrons. The van der Waals surface area contributed by atoms with Gasteiger partial charge in [0.25, 0.3) is 5.56 Å². The minimum absolute atomic E-state index is 0.144. The highest BCUT2D eigenvalue weighted by Gasteiger charge is 2.33. The summed E-state index contributed by atoms with van der Waals surface area (Å²) in [5.74, 6) is -0.144. The van der Waals surface area contributed by atoms with Crippen LogP contribution in [0.3, 0.4) is 0 Å². The number of hydrogen-bond acceptors (Lipinski definition) is 2. The molecule has 0 saturated carbocycles. The Morgan fingerprint density at radius 1 is 1.10 bits per heavy atom. The molecule has 0 unspecified atom stereocenters. The number of benzene rings is 1. The average Bonchev–Trinajstić information content (AvgIpc) is 3.05. The van der Waals surface area contributed by atoms with E-state index in [-0.39, 0.29) is 5.82 Å². The molecule has 8 heteroatoms. The molecule has 1 aromatic carbocycles. The van der Waals surface area contributed by atoms with Gasteiger partial charge in [0.15, 0.2) is 5.82 Å². The minimum atomic E-state index is -4.54. The van der Waals surface area contributed by atoms with Gasteiger partial charge in [-0.3, -0.25) is 15.0 Å². The van der Waals surface area contributed by atoms with Crippen molar-refractivity contribution in [3.8, 4) is 17.1 Å². The summed E-state index contributed by atoms with van der Waals surface area (Å²) in [4.78, 5) is 11.9. The highest BCUT2D eigenvalue weighted by Crippen LogP contribution is 2.28. The lowest BCUT2D eigenvalue weighted by Gasteiger charge is -2.00. The Bertz CT molecular complexity index is 814. The maximum Gasteiger partial charge on any atom is 0.432 e. The molecule has 2 aromatic heterocycles. The van der Waals surface area contributed by atoms with Crippen LogP contribution in [-0.4, -0.2) is 20.0 Å². The lowest BCUT2D eigenvalue weighted by molar-refractivity contribution is -0.141. The van der Waals surface area contributed by atoms with Gasteiger partial charge in [0.05, 0.1) is 5.69 Å². The zero-order chi connectivity index (χ0) is 15.0. The molecule has 0 spiro atoms. The molecule has 3 rings (SSSR count). The van der Waals surface area contributed by atoms with Gasteiger partial charge in [-0.15, -0.1) is 0 Å². The van der Waals surface area contributed by atoms with Crippen molar-refractivity contribution in [2.75, 3.05) is 0 Å². The molecule has 0 aliphatic rings. The summed E-state index contributed by atoms with van der Waals surface area (Å²) in [6.45, 7) is 0. The van der Waals surface area contributed by atoms with Crippen LogP contribution < -0.4 is 5.56 Å². The maximum atomic E-state index is 12.5. The third-order valence-corrected chi connectivity index (χ3v) is 2.90. The summed E-state index contributed by atoms with van der Waals surface area (Å²) < 4.78 is 38.5. The lowest BCUT2D eigenvalue weighted by atomic mass is 10.2. The summed E-state index contributed by atoms with van der Waals surface area (Å²) >= 11 is 0. The number of halogens is 3. The van der Waals surface area contributed by atoms with Crippen molar-refractivity contribution < 1.29 is 13.2 Å². The second-order valence-electron chi connectivity index (χ2n) is 4.35. The third kappa shape index (κ3) is 2.47. The second kappa shape index (κ2) is 4.65. The van der Waals surface area contributed by atoms with E-state index in [4.69, 9.17) is 0 Å². The molecule has 0 amide bonds. The topological polar surface area (TPSA) is 66.5 Å². The molecule has 3 aromatic rings. The van der Waals surface area contributed by atoms with Crippen LogP contribution in [0, 0.1) is 0 Å². The summed E-state index contributed by atoms with van der Waals surface area (Å²) in [6.07, 6.45) is -4.54. The molecular formula is C13H9F3N4O. The fourth-order valence-electron chi connectivity index (χ4n) is 1.90. The quantitative estimate of drug-likeness (QED) is 0.763. The van der Waals surface area contributed by atoms with Crippen LogP contribution in [0.4, 0.5) is 13.2 Å². The summed E-state index contributed by atoms with van der Waals surface area (Å²) in [5, 5.41) is 8.11. The number of rotatable bonds is 2. The Morgan fingerprint density at radius 2 is 1.81 bits per heavy atom. The van der Waals surface area contributed by atoms with Gasteiger partial charge >= 0.3 is 6.18 Å². The standard InChI is InChI=1S/C13H9F3N4O/c14-13(15,16)10-7-11(18-17-10)20-12(21)6-9(19-20)8-4-2-1-3-5-8/h1-7,19H,(H,17,18). The third-order valence-electron chi connectivity index (χ3n) is 2.90. The fourth-order valence-corrected chi connectivity index (χ4v) is 1.90. The van der Waals surface area contributed by atoms with E-state index in [2.05, 4.69) is 10.2 Å². The largest absolute Gasteiger partial charge is 0.432 e. The molecular weight excluding hydrogens is 285 g/mol. The molecule has 0 aliphatic heterocycles. The second-order valence-corrected chi connectivity index (χ2v) is 4.35. The molecule has 0 fully saturated rings. The Balaban J connectivity index is 2.03. The molecule has 0 aliphatic carbocycles. The van der Waals surface area contributed by atoms with Crippen molar-refractivity contribution in [3.05, 3.63) is 58.5 Å². The fraction of sp³-hybridized carbons (Fsp3) is 0.0769. The van der Waals surface area contributed by atoms with Crippen molar-refractivity contribution in [1.82, 2.24) is 20.0 Å². The van der Waals surface area contributed by atoms with Crippen molar-refractivity contribution >= 4 is 0 Å². The van der Waals surface area contributed by atoms with Gasteiger partial charge < -0.3 is 0 Å². The molecule has 21 heavy (non-hydrogen) atoms. The van der Waals surface area contributed by atoms with Gasteiger partial charge in [-0.2, -0.15) is 23.0 Å². The predicted octanol–water partition coefficient (Wildman–Crippen LogP) is 2.57. The van der Waals surface area contributed by atoms with Gasteiger partial charge in [0.2, 0.25) is 0 Å². The van der Waals surface area contributed by atoms with E-state index in [1.807, 2.05) is 11.2 Å². The van der Waals surface area contributed by atoms with Crippen LogP contribution in [0.15, 0.2) is 47.3 Å². The van der Waals surface area contributed by atoms with Crippen LogP contribution in [0.25, 0.3) is 17.1 Å². The first kappa shape index (κ1) is 13.2. The SMILES string of the molecule is O=c1cc(-c2ccccc2)[nH]n1-c1cc(C(F)(F)F)[nH]n1. The molecule has 0 atom stereocenters. The Morgan fingerprint density at radius 3 is 2.43 bits per heavy atom. The van der Waals surface area contributed by atoms with Crippen LogP contribution in [-0.2, 0) is 6.18 Å². The summed E-state index contributed by atoms with van der Waals surface area (Å²) in [6, 6.07) is 11.0. The first-order valence-electron chi connectivity index (χ1n) is 5.95. The predicted molar refractivity (Wildman–Crippen MR) is 69.0 cm³/mol. The minimum Gasteiger partial charge on any atom is -0.289 e. The van der Waals surface area contributed by atoms with E-state index in [0.717, 1.165) is 16.3 Å². The number of aromatic nitrogens is 4. The van der Waals surface area contributed by atoms with Crippen LogP contribution in [0.1, 0.15) is 5.69 Å². The number of nitrogens with one attached hydrogen (secondary N) is 2. The summed E-state index contributed by atoms with van der Waals surface area (Å²) in [5.41, 5.74) is -0.258. The van der Waals surface area contributed by atoms with Crippen molar-refractivity contribution in [1.29, 1.82) is 0 Å². The monoisotopic (exact) mass is 294 g/mol. The molecule has 0 radical (unpaired) electrons. The number of alkyl halides is 3. The van der Waals surface area contributed by atoms with E-state index in [0.29, 0.717) is 5.69 Å². The zero-order valence-corrected chi connectivity index (χ0v) is 10.5. The number of nitrogens with zero attached hydrogens (tertiary/aromatic N) is 2. The van der Waals surface area contributed by atoms with Crippen molar-refractivity contribution in [3.63, 3.8) is 0 Å². The van der Waals surface area contributed by atoms with Crippen LogP contribution in [0.5, 0.6) is 0 Å². The smallest absolute Gasteiger partial charge is 0.289 e. The molecule has 2 heterocycles. The van der Waals surface area contributed by atoms with E-state index >= 15 is 0 Å². The Labute approximate surface area is 116 Å². The molecule has 0 saturated heterocycles. The van der Waals surface area contributed by atoms with Crippen LogP contribution >= 0.6 is 0 Å². The number of hydrogen-bond donors (Lipinski definition) is 2. The average molecular weight is 294 g/mol. The highest BCUT2D eigenvalue weighted by molar-refractivity contribution is 5.58. The molecule has 2 N–H and O–H groups in total.